The lowest BCUT2D eigenvalue weighted by molar-refractivity contribution is 0.0236. The summed E-state index contributed by atoms with van der Waals surface area (Å²) in [6.45, 7) is 8.18. The average Bonchev–Trinajstić information content (AvgIpc) is 3.01. The van der Waals surface area contributed by atoms with Gasteiger partial charge in [-0.05, 0) is 34.1 Å². The molecule has 3 atom stereocenters. The number of hydrogen-bond acceptors (Lipinski definition) is 4. The van der Waals surface area contributed by atoms with Crippen molar-refractivity contribution in [3.05, 3.63) is 0 Å². The van der Waals surface area contributed by atoms with Crippen LogP contribution in [0.4, 0.5) is 4.79 Å². The molecule has 3 unspecified atom stereocenters. The summed E-state index contributed by atoms with van der Waals surface area (Å²) in [5.41, 5.74) is -0.473. The minimum atomic E-state index is -0.941. The van der Waals surface area contributed by atoms with E-state index in [1.165, 1.54) is 0 Å². The van der Waals surface area contributed by atoms with Crippen LogP contribution in [0.2, 0.25) is 0 Å². The smallest absolute Gasteiger partial charge is 0.410 e. The Morgan fingerprint density at radius 2 is 2.05 bits per heavy atom. The molecule has 1 aliphatic heterocycles. The number of likely N-dealkylation sites (tertiary alicyclic amines) is 1. The van der Waals surface area contributed by atoms with Crippen molar-refractivity contribution in [3.63, 3.8) is 0 Å². The second-order valence-electron chi connectivity index (χ2n) is 6.53. The van der Waals surface area contributed by atoms with Gasteiger partial charge < -0.3 is 14.2 Å². The molecule has 19 heavy (non-hydrogen) atoms. The van der Waals surface area contributed by atoms with Crippen LogP contribution in [0.15, 0.2) is 0 Å². The van der Waals surface area contributed by atoms with Gasteiger partial charge in [-0.1, -0.05) is 0 Å². The van der Waals surface area contributed by atoms with Gasteiger partial charge in [-0.25, -0.2) is 4.79 Å². The van der Waals surface area contributed by atoms with Gasteiger partial charge >= 0.3 is 6.09 Å². The molecule has 0 bridgehead atoms. The second kappa shape index (κ2) is 5.50. The molecular formula is C13H24N2O3S. The van der Waals surface area contributed by atoms with E-state index in [2.05, 4.69) is 4.72 Å². The van der Waals surface area contributed by atoms with Crippen LogP contribution in [0, 0.1) is 0 Å². The molecule has 1 heterocycles. The second-order valence-corrected chi connectivity index (χ2v) is 8.03. The molecule has 0 spiro atoms. The quantitative estimate of drug-likeness (QED) is 0.804. The highest BCUT2D eigenvalue weighted by molar-refractivity contribution is 7.90. The van der Waals surface area contributed by atoms with Crippen molar-refractivity contribution in [2.24, 2.45) is 0 Å². The molecule has 5 nitrogen and oxygen atoms in total. The van der Waals surface area contributed by atoms with Gasteiger partial charge in [-0.3, -0.25) is 0 Å². The van der Waals surface area contributed by atoms with Crippen molar-refractivity contribution in [3.8, 4) is 0 Å². The largest absolute Gasteiger partial charge is 0.598 e. The zero-order valence-electron chi connectivity index (χ0n) is 12.1. The molecule has 1 N–H and O–H groups in total. The van der Waals surface area contributed by atoms with E-state index in [0.29, 0.717) is 11.8 Å². The highest BCUT2D eigenvalue weighted by atomic mass is 32.2. The first-order valence-corrected chi connectivity index (χ1v) is 8.14. The number of rotatable bonds is 3. The lowest BCUT2D eigenvalue weighted by Gasteiger charge is -2.26. The molecule has 0 aromatic heterocycles. The summed E-state index contributed by atoms with van der Waals surface area (Å²) in [6.07, 6.45) is 2.66. The predicted octanol–water partition coefficient (Wildman–Crippen LogP) is 1.80. The van der Waals surface area contributed by atoms with E-state index in [9.17, 15) is 9.35 Å². The summed E-state index contributed by atoms with van der Waals surface area (Å²) >= 11 is -0.941. The third kappa shape index (κ3) is 4.26. The van der Waals surface area contributed by atoms with E-state index >= 15 is 0 Å². The first-order chi connectivity index (χ1) is 8.76. The van der Waals surface area contributed by atoms with Crippen LogP contribution in [0.3, 0.4) is 0 Å². The number of nitrogens with one attached hydrogen (secondary N) is 1. The summed E-state index contributed by atoms with van der Waals surface area (Å²) < 4.78 is 20.4. The molecule has 1 saturated heterocycles. The lowest BCUT2D eigenvalue weighted by atomic mass is 10.2. The molecule has 6 heteroatoms. The molecule has 0 aromatic rings. The number of hydrogen-bond donors (Lipinski definition) is 1. The van der Waals surface area contributed by atoms with Crippen LogP contribution >= 0.6 is 0 Å². The topological polar surface area (TPSA) is 64.6 Å². The highest BCUT2D eigenvalue weighted by Crippen LogP contribution is 2.29. The summed E-state index contributed by atoms with van der Waals surface area (Å²) in [7, 11) is 0. The van der Waals surface area contributed by atoms with Crippen LogP contribution in [-0.2, 0) is 16.1 Å². The number of ether oxygens (including phenoxy) is 1. The SMILES string of the molecule is CC1CC(N[S+]([O-])C2CC2)CN1C(=O)OC(C)(C)C. The Kier molecular flexibility index (Phi) is 4.32. The van der Waals surface area contributed by atoms with Crippen LogP contribution in [0.1, 0.15) is 47.0 Å². The number of nitrogens with zero attached hydrogens (tertiary/aromatic N) is 1. The van der Waals surface area contributed by atoms with Gasteiger partial charge in [0, 0.05) is 36.8 Å². The zero-order valence-corrected chi connectivity index (χ0v) is 13.0. The van der Waals surface area contributed by atoms with Crippen molar-refractivity contribution in [1.29, 1.82) is 0 Å². The van der Waals surface area contributed by atoms with Crippen molar-refractivity contribution in [2.75, 3.05) is 6.54 Å². The molecule has 1 amide bonds. The Labute approximate surface area is 118 Å². The molecule has 0 radical (unpaired) electrons. The van der Waals surface area contributed by atoms with E-state index in [-0.39, 0.29) is 18.2 Å². The van der Waals surface area contributed by atoms with Crippen molar-refractivity contribution in [2.45, 2.75) is 69.9 Å². The fraction of sp³-hybridized carbons (Fsp3) is 0.923. The highest BCUT2D eigenvalue weighted by Gasteiger charge is 2.41. The van der Waals surface area contributed by atoms with Gasteiger partial charge in [0.1, 0.15) is 10.9 Å². The number of amides is 1. The predicted molar refractivity (Wildman–Crippen MR) is 75.1 cm³/mol. The monoisotopic (exact) mass is 288 g/mol. The molecule has 2 aliphatic rings. The number of carbonyl (C=O) groups excluding carboxylic acids is 1. The van der Waals surface area contributed by atoms with Crippen LogP contribution in [0.5, 0.6) is 0 Å². The zero-order chi connectivity index (χ0) is 14.2. The lowest BCUT2D eigenvalue weighted by Crippen LogP contribution is -2.42. The van der Waals surface area contributed by atoms with Crippen molar-refractivity contribution < 1.29 is 14.1 Å². The molecule has 1 aliphatic carbocycles. The van der Waals surface area contributed by atoms with Gasteiger partial charge in [-0.15, -0.1) is 4.72 Å². The summed E-state index contributed by atoms with van der Waals surface area (Å²) in [5, 5.41) is 0.325. The maximum atomic E-state index is 12.0. The van der Waals surface area contributed by atoms with Gasteiger partial charge in [-0.2, -0.15) is 0 Å². The van der Waals surface area contributed by atoms with Crippen molar-refractivity contribution >= 4 is 17.5 Å². The Morgan fingerprint density at radius 3 is 2.58 bits per heavy atom. The summed E-state index contributed by atoms with van der Waals surface area (Å²) in [6, 6.07) is 0.243. The van der Waals surface area contributed by atoms with Gasteiger partial charge in [0.25, 0.3) is 0 Å². The van der Waals surface area contributed by atoms with Crippen LogP contribution < -0.4 is 4.72 Å². The third-order valence-electron chi connectivity index (χ3n) is 3.31. The molecule has 2 fully saturated rings. The van der Waals surface area contributed by atoms with E-state index in [4.69, 9.17) is 4.74 Å². The Hall–Kier alpha value is -0.460. The van der Waals surface area contributed by atoms with Gasteiger partial charge in [0.05, 0.1) is 6.04 Å². The van der Waals surface area contributed by atoms with E-state index < -0.39 is 17.0 Å². The normalized spacial score (nSPS) is 29.4. The van der Waals surface area contributed by atoms with Crippen LogP contribution in [-0.4, -0.2) is 45.0 Å². The minimum absolute atomic E-state index is 0.115. The fourth-order valence-electron chi connectivity index (χ4n) is 2.23. The van der Waals surface area contributed by atoms with E-state index in [1.54, 1.807) is 4.90 Å². The molecular weight excluding hydrogens is 264 g/mol. The summed E-state index contributed by atoms with van der Waals surface area (Å²) in [4.78, 5) is 13.8. The number of carbonyl (C=O) groups is 1. The average molecular weight is 288 g/mol. The van der Waals surface area contributed by atoms with E-state index in [1.807, 2.05) is 27.7 Å². The van der Waals surface area contributed by atoms with Gasteiger partial charge in [0.15, 0.2) is 0 Å². The molecule has 110 valence electrons. The standard InChI is InChI=1S/C13H24N2O3S/c1-9-7-10(14-19(17)11-5-6-11)8-15(9)12(16)18-13(2,3)4/h9-11,14H,5-8H2,1-4H3. The first-order valence-electron chi connectivity index (χ1n) is 6.92. The summed E-state index contributed by atoms with van der Waals surface area (Å²) in [5.74, 6) is 0. The first kappa shape index (κ1) is 14.9. The van der Waals surface area contributed by atoms with Crippen LogP contribution in [0.25, 0.3) is 0 Å². The fourth-order valence-corrected chi connectivity index (χ4v) is 3.49. The molecule has 0 aromatic carbocycles. The maximum Gasteiger partial charge on any atom is 0.410 e. The van der Waals surface area contributed by atoms with Crippen molar-refractivity contribution in [1.82, 2.24) is 9.62 Å². The van der Waals surface area contributed by atoms with E-state index in [0.717, 1.165) is 19.3 Å². The Balaban J connectivity index is 1.84. The Morgan fingerprint density at radius 1 is 1.42 bits per heavy atom. The maximum absolute atomic E-state index is 12.0. The third-order valence-corrected chi connectivity index (χ3v) is 4.96. The molecule has 2 rings (SSSR count). The molecule has 1 saturated carbocycles. The minimum Gasteiger partial charge on any atom is -0.598 e. The van der Waals surface area contributed by atoms with Gasteiger partial charge in [0.2, 0.25) is 0 Å². The Bertz CT molecular complexity index is 341.